The van der Waals surface area contributed by atoms with Crippen molar-refractivity contribution >= 4 is 12.0 Å². The molecule has 1 atom stereocenters. The molecule has 5 nitrogen and oxygen atoms in total. The lowest BCUT2D eigenvalue weighted by Crippen LogP contribution is -2.43. The van der Waals surface area contributed by atoms with Crippen LogP contribution in [0.5, 0.6) is 0 Å². The van der Waals surface area contributed by atoms with Gasteiger partial charge < -0.3 is 15.3 Å². The fourth-order valence-electron chi connectivity index (χ4n) is 1.23. The molecule has 2 amide bonds. The van der Waals surface area contributed by atoms with Gasteiger partial charge in [-0.05, 0) is 20.3 Å². The molecule has 0 spiro atoms. The fourth-order valence-corrected chi connectivity index (χ4v) is 1.23. The number of hydrogen-bond donors (Lipinski definition) is 2. The lowest BCUT2D eigenvalue weighted by Gasteiger charge is -2.23. The summed E-state index contributed by atoms with van der Waals surface area (Å²) in [4.78, 5) is 23.9. The first kappa shape index (κ1) is 14.7. The second-order valence-electron chi connectivity index (χ2n) is 4.21. The average molecular weight is 230 g/mol. The van der Waals surface area contributed by atoms with Crippen LogP contribution in [0.1, 0.15) is 33.6 Å². The molecule has 16 heavy (non-hydrogen) atoms. The van der Waals surface area contributed by atoms with Gasteiger partial charge in [-0.15, -0.1) is 0 Å². The van der Waals surface area contributed by atoms with E-state index in [2.05, 4.69) is 5.32 Å². The first-order valence-electron chi connectivity index (χ1n) is 5.63. The molecule has 0 heterocycles. The van der Waals surface area contributed by atoms with Gasteiger partial charge in [-0.3, -0.25) is 4.79 Å². The summed E-state index contributed by atoms with van der Waals surface area (Å²) in [5.41, 5.74) is 0. The topological polar surface area (TPSA) is 69.6 Å². The van der Waals surface area contributed by atoms with Crippen molar-refractivity contribution in [2.75, 3.05) is 13.6 Å². The molecule has 0 aromatic rings. The molecular formula is C11H22N2O3. The van der Waals surface area contributed by atoms with Gasteiger partial charge >= 0.3 is 12.0 Å². The summed E-state index contributed by atoms with van der Waals surface area (Å²) in [5, 5.41) is 11.5. The van der Waals surface area contributed by atoms with Crippen LogP contribution in [-0.4, -0.2) is 41.6 Å². The third-order valence-electron chi connectivity index (χ3n) is 2.58. The molecule has 0 rings (SSSR count). The number of nitrogens with one attached hydrogen (secondary N) is 1. The van der Waals surface area contributed by atoms with Crippen LogP contribution >= 0.6 is 0 Å². The molecule has 0 bridgehead atoms. The van der Waals surface area contributed by atoms with Crippen LogP contribution in [0.25, 0.3) is 0 Å². The Labute approximate surface area is 96.8 Å². The third-order valence-corrected chi connectivity index (χ3v) is 2.58. The molecule has 0 saturated carbocycles. The number of aliphatic carboxylic acids is 1. The van der Waals surface area contributed by atoms with Crippen molar-refractivity contribution < 1.29 is 14.7 Å². The van der Waals surface area contributed by atoms with Gasteiger partial charge in [0.15, 0.2) is 0 Å². The van der Waals surface area contributed by atoms with Gasteiger partial charge in [0.2, 0.25) is 0 Å². The van der Waals surface area contributed by atoms with E-state index in [-0.39, 0.29) is 18.6 Å². The normalized spacial score (nSPS) is 12.3. The minimum Gasteiger partial charge on any atom is -0.481 e. The van der Waals surface area contributed by atoms with Crippen LogP contribution in [0.15, 0.2) is 0 Å². The summed E-state index contributed by atoms with van der Waals surface area (Å²) >= 11 is 0. The highest BCUT2D eigenvalue weighted by atomic mass is 16.4. The number of urea groups is 1. The van der Waals surface area contributed by atoms with Gasteiger partial charge in [0, 0.05) is 19.6 Å². The first-order chi connectivity index (χ1) is 7.40. The van der Waals surface area contributed by atoms with Crippen molar-refractivity contribution in [3.05, 3.63) is 0 Å². The Hall–Kier alpha value is -1.26. The predicted octanol–water partition coefficient (Wildman–Crippen LogP) is 1.54. The maximum absolute atomic E-state index is 11.5. The number of nitrogens with zero attached hydrogens (tertiary/aromatic N) is 1. The van der Waals surface area contributed by atoms with E-state index in [0.717, 1.165) is 6.42 Å². The highest BCUT2D eigenvalue weighted by Gasteiger charge is 2.18. The van der Waals surface area contributed by atoms with Gasteiger partial charge in [0.1, 0.15) is 0 Å². The fraction of sp³-hybridized carbons (Fsp3) is 0.818. The summed E-state index contributed by atoms with van der Waals surface area (Å²) in [6.45, 7) is 5.93. The average Bonchev–Trinajstić information content (AvgIpc) is 2.21. The maximum Gasteiger partial charge on any atom is 0.317 e. The van der Waals surface area contributed by atoms with Crippen LogP contribution in [0.4, 0.5) is 4.79 Å². The van der Waals surface area contributed by atoms with E-state index in [4.69, 9.17) is 5.11 Å². The Bertz CT molecular complexity index is 241. The van der Waals surface area contributed by atoms with E-state index < -0.39 is 11.9 Å². The van der Waals surface area contributed by atoms with Crippen LogP contribution in [-0.2, 0) is 4.79 Å². The molecule has 0 aromatic heterocycles. The second-order valence-corrected chi connectivity index (χ2v) is 4.21. The number of amides is 2. The van der Waals surface area contributed by atoms with Crippen molar-refractivity contribution in [2.24, 2.45) is 5.92 Å². The summed E-state index contributed by atoms with van der Waals surface area (Å²) in [6.07, 6.45) is 1.38. The molecule has 0 aliphatic rings. The highest BCUT2D eigenvalue weighted by Crippen LogP contribution is 2.05. The zero-order chi connectivity index (χ0) is 12.7. The Kier molecular flexibility index (Phi) is 6.53. The van der Waals surface area contributed by atoms with E-state index >= 15 is 0 Å². The number of carboxylic acids is 1. The largest absolute Gasteiger partial charge is 0.481 e. The Morgan fingerprint density at radius 2 is 1.94 bits per heavy atom. The number of rotatable bonds is 6. The SMILES string of the molecule is CCCC(CNC(=O)N(C)C(C)C)C(=O)O. The lowest BCUT2D eigenvalue weighted by atomic mass is 10.0. The summed E-state index contributed by atoms with van der Waals surface area (Å²) in [5.74, 6) is -1.34. The molecular weight excluding hydrogens is 208 g/mol. The van der Waals surface area contributed by atoms with E-state index in [1.165, 1.54) is 0 Å². The van der Waals surface area contributed by atoms with E-state index in [0.29, 0.717) is 6.42 Å². The van der Waals surface area contributed by atoms with Gasteiger partial charge in [-0.25, -0.2) is 4.79 Å². The van der Waals surface area contributed by atoms with Crippen LogP contribution in [0.3, 0.4) is 0 Å². The molecule has 0 aliphatic carbocycles. The molecule has 1 unspecified atom stereocenters. The molecule has 5 heteroatoms. The second kappa shape index (κ2) is 7.09. The molecule has 94 valence electrons. The van der Waals surface area contributed by atoms with Gasteiger partial charge in [-0.2, -0.15) is 0 Å². The molecule has 2 N–H and O–H groups in total. The molecule has 0 aromatic carbocycles. The number of hydrogen-bond acceptors (Lipinski definition) is 2. The molecule has 0 fully saturated rings. The molecule has 0 radical (unpaired) electrons. The quantitative estimate of drug-likeness (QED) is 0.727. The Morgan fingerprint density at radius 1 is 1.38 bits per heavy atom. The molecule has 0 aliphatic heterocycles. The summed E-state index contributed by atoms with van der Waals surface area (Å²) in [6, 6.07) is -0.119. The van der Waals surface area contributed by atoms with Gasteiger partial charge in [-0.1, -0.05) is 13.3 Å². The monoisotopic (exact) mass is 230 g/mol. The van der Waals surface area contributed by atoms with E-state index in [1.54, 1.807) is 11.9 Å². The highest BCUT2D eigenvalue weighted by molar-refractivity contribution is 5.76. The number of carboxylic acid groups (broad SMARTS) is 1. The molecule has 0 saturated heterocycles. The minimum atomic E-state index is -0.852. The van der Waals surface area contributed by atoms with Crippen molar-refractivity contribution in [1.29, 1.82) is 0 Å². The Morgan fingerprint density at radius 3 is 2.31 bits per heavy atom. The lowest BCUT2D eigenvalue weighted by molar-refractivity contribution is -0.141. The van der Waals surface area contributed by atoms with Crippen LogP contribution in [0, 0.1) is 5.92 Å². The van der Waals surface area contributed by atoms with Crippen molar-refractivity contribution in [1.82, 2.24) is 10.2 Å². The van der Waals surface area contributed by atoms with E-state index in [1.807, 2.05) is 20.8 Å². The predicted molar refractivity (Wildman–Crippen MR) is 62.3 cm³/mol. The summed E-state index contributed by atoms with van der Waals surface area (Å²) in [7, 11) is 1.69. The first-order valence-corrected chi connectivity index (χ1v) is 5.63. The van der Waals surface area contributed by atoms with Crippen molar-refractivity contribution in [3.63, 3.8) is 0 Å². The maximum atomic E-state index is 11.5. The van der Waals surface area contributed by atoms with Crippen molar-refractivity contribution in [2.45, 2.75) is 39.7 Å². The van der Waals surface area contributed by atoms with Crippen molar-refractivity contribution in [3.8, 4) is 0 Å². The van der Waals surface area contributed by atoms with Gasteiger partial charge in [0.05, 0.1) is 5.92 Å². The minimum absolute atomic E-state index is 0.106. The third kappa shape index (κ3) is 5.00. The zero-order valence-corrected chi connectivity index (χ0v) is 10.5. The smallest absolute Gasteiger partial charge is 0.317 e. The van der Waals surface area contributed by atoms with Gasteiger partial charge in [0.25, 0.3) is 0 Å². The number of carbonyl (C=O) groups excluding carboxylic acids is 1. The standard InChI is InChI=1S/C11H22N2O3/c1-5-6-9(10(14)15)7-12-11(16)13(4)8(2)3/h8-9H,5-7H2,1-4H3,(H,12,16)(H,14,15). The number of carbonyl (C=O) groups is 2. The Balaban J connectivity index is 4.10. The van der Waals surface area contributed by atoms with Crippen LogP contribution in [0.2, 0.25) is 0 Å². The van der Waals surface area contributed by atoms with E-state index in [9.17, 15) is 9.59 Å². The van der Waals surface area contributed by atoms with Crippen LogP contribution < -0.4 is 5.32 Å². The summed E-state index contributed by atoms with van der Waals surface area (Å²) < 4.78 is 0. The zero-order valence-electron chi connectivity index (χ0n) is 10.5.